The van der Waals surface area contributed by atoms with E-state index in [1.807, 2.05) is 0 Å². The molecule has 0 N–H and O–H groups in total. The summed E-state index contributed by atoms with van der Waals surface area (Å²) in [4.78, 5) is 22.7. The van der Waals surface area contributed by atoms with Gasteiger partial charge in [-0.25, -0.2) is 4.79 Å². The SMILES string of the molecule is COC(=O)c1cc(Br)c(C(F)(F)F)cc1C(C)=O. The number of halogens is 4. The van der Waals surface area contributed by atoms with Gasteiger partial charge in [-0.15, -0.1) is 0 Å². The van der Waals surface area contributed by atoms with Crippen LogP contribution >= 0.6 is 15.9 Å². The Morgan fingerprint density at radius 2 is 1.78 bits per heavy atom. The number of carbonyl (C=O) groups excluding carboxylic acids is 2. The second-order valence-electron chi connectivity index (χ2n) is 3.42. The summed E-state index contributed by atoms with van der Waals surface area (Å²) in [5.41, 5.74) is -1.54. The lowest BCUT2D eigenvalue weighted by Crippen LogP contribution is -2.13. The molecule has 0 fully saturated rings. The van der Waals surface area contributed by atoms with Gasteiger partial charge in [-0.3, -0.25) is 4.79 Å². The normalized spacial score (nSPS) is 11.2. The number of carbonyl (C=O) groups is 2. The van der Waals surface area contributed by atoms with Gasteiger partial charge in [0.15, 0.2) is 5.78 Å². The number of hydrogen-bond donors (Lipinski definition) is 0. The van der Waals surface area contributed by atoms with Crippen molar-refractivity contribution < 1.29 is 27.5 Å². The molecule has 98 valence electrons. The molecule has 0 atom stereocenters. The fourth-order valence-corrected chi connectivity index (χ4v) is 1.93. The summed E-state index contributed by atoms with van der Waals surface area (Å²) in [7, 11) is 1.08. The molecule has 0 saturated heterocycles. The van der Waals surface area contributed by atoms with E-state index in [0.29, 0.717) is 6.07 Å². The summed E-state index contributed by atoms with van der Waals surface area (Å²) in [6, 6.07) is 1.57. The van der Waals surface area contributed by atoms with Crippen LogP contribution in [0.4, 0.5) is 13.2 Å². The van der Waals surface area contributed by atoms with Crippen LogP contribution in [0.15, 0.2) is 16.6 Å². The minimum Gasteiger partial charge on any atom is -0.465 e. The zero-order valence-corrected chi connectivity index (χ0v) is 11.0. The third-order valence-electron chi connectivity index (χ3n) is 2.20. The average molecular weight is 325 g/mol. The van der Waals surface area contributed by atoms with Crippen LogP contribution in [0.1, 0.15) is 33.2 Å². The number of ether oxygens (including phenoxy) is 1. The predicted molar refractivity (Wildman–Crippen MR) is 60.5 cm³/mol. The lowest BCUT2D eigenvalue weighted by molar-refractivity contribution is -0.138. The Kier molecular flexibility index (Phi) is 4.16. The second-order valence-corrected chi connectivity index (χ2v) is 4.28. The van der Waals surface area contributed by atoms with E-state index in [4.69, 9.17) is 0 Å². The fraction of sp³-hybridized carbons (Fsp3) is 0.273. The Hall–Kier alpha value is -1.37. The van der Waals surface area contributed by atoms with E-state index in [9.17, 15) is 22.8 Å². The summed E-state index contributed by atoms with van der Waals surface area (Å²) in [6.07, 6.45) is -4.61. The zero-order valence-electron chi connectivity index (χ0n) is 9.39. The van der Waals surface area contributed by atoms with Crippen LogP contribution in [-0.4, -0.2) is 18.9 Å². The Morgan fingerprint density at radius 1 is 1.22 bits per heavy atom. The first-order valence-electron chi connectivity index (χ1n) is 4.68. The number of methoxy groups -OCH3 is 1. The van der Waals surface area contributed by atoms with Crippen molar-refractivity contribution in [2.45, 2.75) is 13.1 Å². The molecule has 0 aromatic heterocycles. The highest BCUT2D eigenvalue weighted by atomic mass is 79.9. The van der Waals surface area contributed by atoms with Crippen molar-refractivity contribution in [3.63, 3.8) is 0 Å². The topological polar surface area (TPSA) is 43.4 Å². The third kappa shape index (κ3) is 2.90. The molecule has 3 nitrogen and oxygen atoms in total. The quantitative estimate of drug-likeness (QED) is 0.618. The maximum atomic E-state index is 12.6. The number of esters is 1. The molecule has 1 aromatic rings. The summed E-state index contributed by atoms with van der Waals surface area (Å²) < 4.78 is 42.0. The first-order valence-corrected chi connectivity index (χ1v) is 5.47. The highest BCUT2D eigenvalue weighted by molar-refractivity contribution is 9.10. The van der Waals surface area contributed by atoms with Crippen molar-refractivity contribution >= 4 is 27.7 Å². The van der Waals surface area contributed by atoms with Gasteiger partial charge in [0.05, 0.1) is 18.2 Å². The molecule has 0 spiro atoms. The van der Waals surface area contributed by atoms with Crippen molar-refractivity contribution in [1.29, 1.82) is 0 Å². The van der Waals surface area contributed by atoms with Gasteiger partial charge in [0, 0.05) is 10.0 Å². The Labute approximate surface area is 109 Å². The number of ketones is 1. The number of rotatable bonds is 2. The first kappa shape index (κ1) is 14.7. The van der Waals surface area contributed by atoms with Gasteiger partial charge in [-0.1, -0.05) is 15.9 Å². The summed E-state index contributed by atoms with van der Waals surface area (Å²) in [5, 5.41) is 0. The number of benzene rings is 1. The highest BCUT2D eigenvalue weighted by Gasteiger charge is 2.35. The van der Waals surface area contributed by atoms with Gasteiger partial charge in [-0.2, -0.15) is 13.2 Å². The zero-order chi connectivity index (χ0) is 14.1. The molecular formula is C11H8BrF3O3. The van der Waals surface area contributed by atoms with Gasteiger partial charge >= 0.3 is 12.1 Å². The predicted octanol–water partition coefficient (Wildman–Crippen LogP) is 3.46. The molecule has 1 aromatic carbocycles. The molecule has 7 heteroatoms. The van der Waals surface area contributed by atoms with Crippen molar-refractivity contribution in [3.05, 3.63) is 33.3 Å². The van der Waals surface area contributed by atoms with Crippen LogP contribution in [0, 0.1) is 0 Å². The van der Waals surface area contributed by atoms with Crippen molar-refractivity contribution in [1.82, 2.24) is 0 Å². The Balaban J connectivity index is 3.54. The third-order valence-corrected chi connectivity index (χ3v) is 2.85. The highest BCUT2D eigenvalue weighted by Crippen LogP contribution is 2.36. The summed E-state index contributed by atoms with van der Waals surface area (Å²) in [5.74, 6) is -1.51. The first-order chi connectivity index (χ1) is 8.18. The van der Waals surface area contributed by atoms with Gasteiger partial charge in [0.2, 0.25) is 0 Å². The van der Waals surface area contributed by atoms with Crippen LogP contribution in [0.25, 0.3) is 0 Å². The lowest BCUT2D eigenvalue weighted by atomic mass is 10.0. The van der Waals surface area contributed by atoms with E-state index in [1.54, 1.807) is 0 Å². The number of alkyl halides is 3. The molecule has 0 aliphatic carbocycles. The van der Waals surface area contributed by atoms with Crippen LogP contribution in [0.5, 0.6) is 0 Å². The van der Waals surface area contributed by atoms with Gasteiger partial charge in [0.25, 0.3) is 0 Å². The maximum Gasteiger partial charge on any atom is 0.417 e. The van der Waals surface area contributed by atoms with E-state index in [0.717, 1.165) is 20.1 Å². The van der Waals surface area contributed by atoms with Crippen LogP contribution < -0.4 is 0 Å². The molecule has 0 heterocycles. The molecule has 0 unspecified atom stereocenters. The average Bonchev–Trinajstić information content (AvgIpc) is 2.25. The minimum absolute atomic E-state index is 0.204. The largest absolute Gasteiger partial charge is 0.465 e. The fourth-order valence-electron chi connectivity index (χ4n) is 1.36. The molecule has 0 amide bonds. The van der Waals surface area contributed by atoms with Crippen LogP contribution in [0.2, 0.25) is 0 Å². The van der Waals surface area contributed by atoms with Crippen molar-refractivity contribution in [2.24, 2.45) is 0 Å². The second kappa shape index (κ2) is 5.09. The van der Waals surface area contributed by atoms with Gasteiger partial charge < -0.3 is 4.74 Å². The minimum atomic E-state index is -4.61. The number of Topliss-reactive ketones (excluding diaryl/α,β-unsaturated/α-hetero) is 1. The lowest BCUT2D eigenvalue weighted by Gasteiger charge is -2.13. The molecule has 0 bridgehead atoms. The Morgan fingerprint density at radius 3 is 2.17 bits per heavy atom. The van der Waals surface area contributed by atoms with E-state index in [2.05, 4.69) is 20.7 Å². The molecule has 0 radical (unpaired) electrons. The standard InChI is InChI=1S/C11H8BrF3O3/c1-5(16)6-3-8(11(13,14)15)9(12)4-7(6)10(17)18-2/h3-4H,1-2H3. The molecule has 0 aliphatic rings. The monoisotopic (exact) mass is 324 g/mol. The van der Waals surface area contributed by atoms with Crippen molar-refractivity contribution in [3.8, 4) is 0 Å². The number of hydrogen-bond acceptors (Lipinski definition) is 3. The molecule has 0 aliphatic heterocycles. The van der Waals surface area contributed by atoms with E-state index in [-0.39, 0.29) is 15.6 Å². The smallest absolute Gasteiger partial charge is 0.417 e. The van der Waals surface area contributed by atoms with Gasteiger partial charge in [-0.05, 0) is 19.1 Å². The van der Waals surface area contributed by atoms with E-state index >= 15 is 0 Å². The molecule has 18 heavy (non-hydrogen) atoms. The van der Waals surface area contributed by atoms with Crippen LogP contribution in [0.3, 0.4) is 0 Å². The molecular weight excluding hydrogens is 317 g/mol. The molecule has 1 rings (SSSR count). The maximum absolute atomic E-state index is 12.6. The summed E-state index contributed by atoms with van der Waals surface area (Å²) >= 11 is 2.72. The molecule has 0 saturated carbocycles. The van der Waals surface area contributed by atoms with E-state index < -0.39 is 23.5 Å². The van der Waals surface area contributed by atoms with E-state index in [1.165, 1.54) is 0 Å². The summed E-state index contributed by atoms with van der Waals surface area (Å²) in [6.45, 7) is 1.08. The van der Waals surface area contributed by atoms with Gasteiger partial charge in [0.1, 0.15) is 0 Å². The van der Waals surface area contributed by atoms with Crippen LogP contribution in [-0.2, 0) is 10.9 Å². The van der Waals surface area contributed by atoms with Crippen molar-refractivity contribution in [2.75, 3.05) is 7.11 Å². The Bertz CT molecular complexity index is 509.